The van der Waals surface area contributed by atoms with Crippen LogP contribution in [0.15, 0.2) is 36.5 Å². The van der Waals surface area contributed by atoms with Crippen molar-refractivity contribution in [3.05, 3.63) is 42.1 Å². The number of nitrogens with zero attached hydrogens (tertiary/aromatic N) is 3. The highest BCUT2D eigenvalue weighted by Gasteiger charge is 2.09. The van der Waals surface area contributed by atoms with Gasteiger partial charge in [0.2, 0.25) is 0 Å². The van der Waals surface area contributed by atoms with Gasteiger partial charge >= 0.3 is 0 Å². The van der Waals surface area contributed by atoms with Crippen LogP contribution in [0.2, 0.25) is 0 Å². The molecule has 0 saturated heterocycles. The molecule has 3 aromatic rings. The second kappa shape index (κ2) is 4.63. The highest BCUT2D eigenvalue weighted by Crippen LogP contribution is 2.27. The summed E-state index contributed by atoms with van der Waals surface area (Å²) < 4.78 is 1.80. The van der Waals surface area contributed by atoms with E-state index in [1.54, 1.807) is 4.68 Å². The smallest absolute Gasteiger partial charge is 0.153 e. The lowest BCUT2D eigenvalue weighted by Crippen LogP contribution is -1.91. The second-order valence-electron chi connectivity index (χ2n) is 5.37. The van der Waals surface area contributed by atoms with Gasteiger partial charge in [-0.3, -0.25) is 9.67 Å². The van der Waals surface area contributed by atoms with Crippen LogP contribution in [0.3, 0.4) is 0 Å². The fourth-order valence-corrected chi connectivity index (χ4v) is 2.42. The third-order valence-corrected chi connectivity index (χ3v) is 3.63. The lowest BCUT2D eigenvalue weighted by atomic mass is 10.0. The van der Waals surface area contributed by atoms with E-state index in [2.05, 4.69) is 48.2 Å². The van der Waals surface area contributed by atoms with Crippen LogP contribution in [0.5, 0.6) is 0 Å². The monoisotopic (exact) mass is 266 g/mol. The van der Waals surface area contributed by atoms with E-state index in [0.717, 1.165) is 22.2 Å². The van der Waals surface area contributed by atoms with Gasteiger partial charge in [-0.15, -0.1) is 0 Å². The van der Waals surface area contributed by atoms with Crippen LogP contribution in [-0.2, 0) is 7.05 Å². The van der Waals surface area contributed by atoms with Crippen LogP contribution >= 0.6 is 0 Å². The first kappa shape index (κ1) is 12.7. The quantitative estimate of drug-likeness (QED) is 0.774. The van der Waals surface area contributed by atoms with Gasteiger partial charge in [-0.2, -0.15) is 5.10 Å². The molecule has 2 N–H and O–H groups in total. The molecular weight excluding hydrogens is 248 g/mol. The SMILES string of the molecule is CC(C)c1ccnc(-c2ccc3c(c2)c(N)nn3C)c1. The largest absolute Gasteiger partial charge is 0.382 e. The third-order valence-electron chi connectivity index (χ3n) is 3.63. The molecule has 4 heteroatoms. The number of hydrogen-bond donors (Lipinski definition) is 1. The number of pyridine rings is 1. The average molecular weight is 266 g/mol. The molecule has 102 valence electrons. The number of nitrogen functional groups attached to an aromatic ring is 1. The first-order valence-electron chi connectivity index (χ1n) is 6.75. The van der Waals surface area contributed by atoms with Crippen molar-refractivity contribution in [1.29, 1.82) is 0 Å². The van der Waals surface area contributed by atoms with Crippen LogP contribution in [0, 0.1) is 0 Å². The molecule has 0 spiro atoms. The Morgan fingerprint density at radius 1 is 1.15 bits per heavy atom. The Morgan fingerprint density at radius 3 is 2.70 bits per heavy atom. The summed E-state index contributed by atoms with van der Waals surface area (Å²) in [5, 5.41) is 5.22. The predicted molar refractivity (Wildman–Crippen MR) is 82.4 cm³/mol. The van der Waals surface area contributed by atoms with Crippen molar-refractivity contribution in [1.82, 2.24) is 14.8 Å². The van der Waals surface area contributed by atoms with Crippen LogP contribution < -0.4 is 5.73 Å². The first-order chi connectivity index (χ1) is 9.56. The van der Waals surface area contributed by atoms with Crippen LogP contribution in [0.4, 0.5) is 5.82 Å². The molecule has 4 nitrogen and oxygen atoms in total. The highest BCUT2D eigenvalue weighted by atomic mass is 15.3. The third kappa shape index (κ3) is 2.03. The van der Waals surface area contributed by atoms with Gasteiger partial charge in [0.15, 0.2) is 5.82 Å². The lowest BCUT2D eigenvalue weighted by Gasteiger charge is -2.07. The minimum absolute atomic E-state index is 0.490. The molecule has 0 amide bonds. The van der Waals surface area contributed by atoms with Gasteiger partial charge in [0.05, 0.1) is 11.2 Å². The zero-order valence-corrected chi connectivity index (χ0v) is 12.0. The number of aryl methyl sites for hydroxylation is 1. The first-order valence-corrected chi connectivity index (χ1v) is 6.75. The minimum Gasteiger partial charge on any atom is -0.382 e. The van der Waals surface area contributed by atoms with Gasteiger partial charge < -0.3 is 5.73 Å². The van der Waals surface area contributed by atoms with Crippen LogP contribution in [-0.4, -0.2) is 14.8 Å². The van der Waals surface area contributed by atoms with Gasteiger partial charge in [0.25, 0.3) is 0 Å². The molecule has 20 heavy (non-hydrogen) atoms. The Hall–Kier alpha value is -2.36. The minimum atomic E-state index is 0.490. The van der Waals surface area contributed by atoms with Gasteiger partial charge in [-0.05, 0) is 35.7 Å². The Morgan fingerprint density at radius 2 is 1.95 bits per heavy atom. The normalized spacial score (nSPS) is 11.4. The average Bonchev–Trinajstić information content (AvgIpc) is 2.74. The highest BCUT2D eigenvalue weighted by molar-refractivity contribution is 5.92. The van der Waals surface area contributed by atoms with E-state index < -0.39 is 0 Å². The van der Waals surface area contributed by atoms with Gasteiger partial charge in [0, 0.05) is 24.2 Å². The number of nitrogens with two attached hydrogens (primary N) is 1. The molecule has 3 rings (SSSR count). The van der Waals surface area contributed by atoms with Crippen molar-refractivity contribution in [2.24, 2.45) is 7.05 Å². The molecule has 0 aliphatic rings. The number of fused-ring (bicyclic) bond motifs is 1. The zero-order chi connectivity index (χ0) is 14.3. The summed E-state index contributed by atoms with van der Waals surface area (Å²) in [5.74, 6) is 1.05. The molecule has 0 radical (unpaired) electrons. The van der Waals surface area contributed by atoms with Gasteiger partial charge in [-0.1, -0.05) is 19.9 Å². The predicted octanol–water partition coefficient (Wildman–Crippen LogP) is 3.34. The number of hydrogen-bond acceptors (Lipinski definition) is 3. The van der Waals surface area contributed by atoms with E-state index in [1.165, 1.54) is 5.56 Å². The molecule has 2 heterocycles. The van der Waals surface area contributed by atoms with Crippen LogP contribution in [0.1, 0.15) is 25.3 Å². The Kier molecular flexibility index (Phi) is 2.93. The maximum absolute atomic E-state index is 5.95. The summed E-state index contributed by atoms with van der Waals surface area (Å²) >= 11 is 0. The standard InChI is InChI=1S/C16H18N4/c1-10(2)11-6-7-18-14(9-11)12-4-5-15-13(8-12)16(17)19-20(15)3/h4-10H,1-3H3,(H2,17,19). The van der Waals surface area contributed by atoms with Crippen molar-refractivity contribution in [2.45, 2.75) is 19.8 Å². The molecular formula is C16H18N4. The molecule has 0 saturated carbocycles. The summed E-state index contributed by atoms with van der Waals surface area (Å²) in [6.45, 7) is 4.36. The van der Waals surface area contributed by atoms with Gasteiger partial charge in [0.1, 0.15) is 0 Å². The summed E-state index contributed by atoms with van der Waals surface area (Å²) in [6.07, 6.45) is 1.86. The van der Waals surface area contributed by atoms with Crippen molar-refractivity contribution in [2.75, 3.05) is 5.73 Å². The molecule has 0 bridgehead atoms. The topological polar surface area (TPSA) is 56.7 Å². The fraction of sp³-hybridized carbons (Fsp3) is 0.250. The Bertz CT molecular complexity index is 771. The van der Waals surface area contributed by atoms with E-state index >= 15 is 0 Å². The lowest BCUT2D eigenvalue weighted by molar-refractivity contribution is 0.802. The molecule has 0 fully saturated rings. The summed E-state index contributed by atoms with van der Waals surface area (Å²) in [5.41, 5.74) is 10.3. The maximum Gasteiger partial charge on any atom is 0.153 e. The number of benzene rings is 1. The molecule has 1 aromatic carbocycles. The number of rotatable bonds is 2. The maximum atomic E-state index is 5.95. The number of aromatic nitrogens is 3. The van der Waals surface area contributed by atoms with Crippen molar-refractivity contribution >= 4 is 16.7 Å². The Labute approximate surface area is 118 Å². The molecule has 0 aliphatic heterocycles. The van der Waals surface area contributed by atoms with E-state index in [0.29, 0.717) is 11.7 Å². The number of anilines is 1. The van der Waals surface area contributed by atoms with E-state index in [-0.39, 0.29) is 0 Å². The molecule has 2 aromatic heterocycles. The molecule has 0 atom stereocenters. The fourth-order valence-electron chi connectivity index (χ4n) is 2.42. The summed E-state index contributed by atoms with van der Waals surface area (Å²) in [4.78, 5) is 4.47. The van der Waals surface area contributed by atoms with Crippen molar-refractivity contribution in [3.63, 3.8) is 0 Å². The van der Waals surface area contributed by atoms with Crippen molar-refractivity contribution in [3.8, 4) is 11.3 Å². The second-order valence-corrected chi connectivity index (χ2v) is 5.37. The van der Waals surface area contributed by atoms with Gasteiger partial charge in [-0.25, -0.2) is 0 Å². The Balaban J connectivity index is 2.14. The van der Waals surface area contributed by atoms with E-state index in [4.69, 9.17) is 5.73 Å². The van der Waals surface area contributed by atoms with Crippen molar-refractivity contribution < 1.29 is 0 Å². The summed E-state index contributed by atoms with van der Waals surface area (Å²) in [6, 6.07) is 10.4. The van der Waals surface area contributed by atoms with E-state index in [1.807, 2.05) is 19.3 Å². The van der Waals surface area contributed by atoms with E-state index in [9.17, 15) is 0 Å². The molecule has 0 aliphatic carbocycles. The van der Waals surface area contributed by atoms with Crippen LogP contribution in [0.25, 0.3) is 22.2 Å². The summed E-state index contributed by atoms with van der Waals surface area (Å²) in [7, 11) is 1.90. The molecule has 0 unspecified atom stereocenters. The zero-order valence-electron chi connectivity index (χ0n) is 12.0.